The summed E-state index contributed by atoms with van der Waals surface area (Å²) in [6.45, 7) is 6.05. The van der Waals surface area contributed by atoms with Crippen LogP contribution in [0, 0.1) is 10.1 Å². The van der Waals surface area contributed by atoms with E-state index >= 15 is 0 Å². The second kappa shape index (κ2) is 10.8. The Morgan fingerprint density at radius 3 is 2.85 bits per heavy atom. The summed E-state index contributed by atoms with van der Waals surface area (Å²) in [7, 11) is 0. The Balaban J connectivity index is 1.55. The fraction of sp³-hybridized carbons (Fsp3) is 0.609. The molecule has 33 heavy (non-hydrogen) atoms. The van der Waals surface area contributed by atoms with Crippen molar-refractivity contribution in [2.75, 3.05) is 19.7 Å². The Morgan fingerprint density at radius 1 is 1.36 bits per heavy atom. The second-order valence-electron chi connectivity index (χ2n) is 9.29. The number of carbonyl (C=O) groups excluding carboxylic acids is 1. The molecule has 10 heteroatoms. The van der Waals surface area contributed by atoms with Crippen molar-refractivity contribution < 1.29 is 24.6 Å². The third-order valence-electron chi connectivity index (χ3n) is 6.06. The maximum absolute atomic E-state index is 12.4. The average Bonchev–Trinajstić information content (AvgIpc) is 3.24. The van der Waals surface area contributed by atoms with Crippen molar-refractivity contribution in [2.24, 2.45) is 0 Å². The number of H-pyrrole nitrogens is 1. The minimum Gasteiger partial charge on any atom is -0.490 e. The number of hydrogen-bond donors (Lipinski definition) is 3. The minimum absolute atomic E-state index is 0.116. The molecular formula is C23H34N4O6. The van der Waals surface area contributed by atoms with E-state index in [0.29, 0.717) is 25.1 Å². The van der Waals surface area contributed by atoms with Gasteiger partial charge in [-0.05, 0) is 44.9 Å². The van der Waals surface area contributed by atoms with Crippen molar-refractivity contribution in [1.82, 2.24) is 15.2 Å². The average molecular weight is 463 g/mol. The van der Waals surface area contributed by atoms with Gasteiger partial charge in [-0.3, -0.25) is 4.79 Å². The van der Waals surface area contributed by atoms with E-state index in [4.69, 9.17) is 9.57 Å². The minimum atomic E-state index is -0.769. The number of aliphatic hydroxyl groups excluding tert-OH is 1. The van der Waals surface area contributed by atoms with Crippen LogP contribution in [0.25, 0.3) is 10.9 Å². The molecule has 1 saturated carbocycles. The van der Waals surface area contributed by atoms with Crippen LogP contribution in [0.1, 0.15) is 46.5 Å². The number of aromatic amines is 1. The van der Waals surface area contributed by atoms with Crippen molar-refractivity contribution in [3.8, 4) is 5.75 Å². The first kappa shape index (κ1) is 24.8. The van der Waals surface area contributed by atoms with Gasteiger partial charge in [0.25, 0.3) is 5.09 Å². The molecule has 3 atom stereocenters. The molecule has 1 aliphatic rings. The lowest BCUT2D eigenvalue weighted by Crippen LogP contribution is -2.58. The molecule has 1 aliphatic carbocycles. The quantitative estimate of drug-likeness (QED) is 0.346. The van der Waals surface area contributed by atoms with E-state index in [-0.39, 0.29) is 25.1 Å². The Kier molecular flexibility index (Phi) is 8.15. The number of nitrogens with zero attached hydrogens (tertiary/aromatic N) is 2. The standard InChI is InChI=1S/C23H34N4O6/c1-16(28)26(20-8-4-5-9-22(20)33-27(30)31)15-23(2,3)25-13-17(29)14-32-21-10-6-7-19-18(21)11-12-24-19/h6-7,10-12,17,20,22,24-25,29H,4-5,8-9,13-15H2,1-3H3. The lowest BCUT2D eigenvalue weighted by atomic mass is 9.90. The van der Waals surface area contributed by atoms with Gasteiger partial charge in [-0.2, -0.15) is 0 Å². The van der Waals surface area contributed by atoms with Crippen LogP contribution in [-0.2, 0) is 9.63 Å². The number of fused-ring (bicyclic) bond motifs is 1. The van der Waals surface area contributed by atoms with E-state index < -0.39 is 22.8 Å². The van der Waals surface area contributed by atoms with Gasteiger partial charge in [-0.1, -0.05) is 18.9 Å². The highest BCUT2D eigenvalue weighted by Crippen LogP contribution is 2.27. The van der Waals surface area contributed by atoms with E-state index in [9.17, 15) is 20.0 Å². The number of aromatic nitrogens is 1. The van der Waals surface area contributed by atoms with Crippen molar-refractivity contribution >= 4 is 16.8 Å². The highest BCUT2D eigenvalue weighted by Gasteiger charge is 2.36. The molecule has 2 aromatic rings. The third kappa shape index (κ3) is 6.82. The summed E-state index contributed by atoms with van der Waals surface area (Å²) in [6.07, 6.45) is 3.40. The molecule has 3 unspecified atom stereocenters. The van der Waals surface area contributed by atoms with Crippen LogP contribution in [-0.4, -0.2) is 69.5 Å². The maximum Gasteiger partial charge on any atom is 0.294 e. The molecular weight excluding hydrogens is 428 g/mol. The summed E-state index contributed by atoms with van der Waals surface area (Å²) in [4.78, 5) is 33.0. The SMILES string of the molecule is CC(=O)N(CC(C)(C)NCC(O)COc1cccc2[nH]ccc12)C1CCCCC1O[N+](=O)[O-]. The Hall–Kier alpha value is -2.85. The topological polar surface area (TPSA) is 130 Å². The van der Waals surface area contributed by atoms with Crippen LogP contribution >= 0.6 is 0 Å². The zero-order valence-corrected chi connectivity index (χ0v) is 19.5. The van der Waals surface area contributed by atoms with E-state index in [0.717, 1.165) is 23.7 Å². The van der Waals surface area contributed by atoms with E-state index in [2.05, 4.69) is 10.3 Å². The van der Waals surface area contributed by atoms with Crippen LogP contribution in [0.15, 0.2) is 30.5 Å². The maximum atomic E-state index is 12.4. The number of amides is 1. The van der Waals surface area contributed by atoms with Gasteiger partial charge in [0.2, 0.25) is 5.91 Å². The number of rotatable bonds is 11. The van der Waals surface area contributed by atoms with Gasteiger partial charge in [0, 0.05) is 42.7 Å². The number of nitrogens with one attached hydrogen (secondary N) is 2. The van der Waals surface area contributed by atoms with Crippen LogP contribution in [0.2, 0.25) is 0 Å². The zero-order valence-electron chi connectivity index (χ0n) is 19.5. The van der Waals surface area contributed by atoms with Crippen LogP contribution in [0.4, 0.5) is 0 Å². The second-order valence-corrected chi connectivity index (χ2v) is 9.29. The molecule has 0 spiro atoms. The molecule has 10 nitrogen and oxygen atoms in total. The fourth-order valence-corrected chi connectivity index (χ4v) is 4.43. The van der Waals surface area contributed by atoms with Gasteiger partial charge in [0.05, 0.1) is 6.04 Å². The number of benzene rings is 1. The molecule has 1 heterocycles. The summed E-state index contributed by atoms with van der Waals surface area (Å²) < 4.78 is 5.82. The molecule has 1 fully saturated rings. The number of carbonyl (C=O) groups is 1. The van der Waals surface area contributed by atoms with Gasteiger partial charge in [-0.25, -0.2) is 0 Å². The first-order valence-corrected chi connectivity index (χ1v) is 11.4. The molecule has 3 N–H and O–H groups in total. The molecule has 1 aromatic heterocycles. The van der Waals surface area contributed by atoms with Crippen molar-refractivity contribution in [3.05, 3.63) is 40.6 Å². The zero-order chi connectivity index (χ0) is 24.0. The summed E-state index contributed by atoms with van der Waals surface area (Å²) in [6, 6.07) is 7.28. The van der Waals surface area contributed by atoms with Crippen molar-refractivity contribution in [3.63, 3.8) is 0 Å². The molecule has 1 amide bonds. The molecule has 0 radical (unpaired) electrons. The first-order chi connectivity index (χ1) is 15.7. The van der Waals surface area contributed by atoms with Gasteiger partial charge < -0.3 is 29.9 Å². The van der Waals surface area contributed by atoms with Crippen LogP contribution < -0.4 is 10.1 Å². The molecule has 0 aliphatic heterocycles. The summed E-state index contributed by atoms with van der Waals surface area (Å²) in [5, 5.41) is 24.9. The van der Waals surface area contributed by atoms with Gasteiger partial charge in [-0.15, -0.1) is 10.1 Å². The molecule has 1 aromatic carbocycles. The lowest BCUT2D eigenvalue weighted by Gasteiger charge is -2.42. The lowest BCUT2D eigenvalue weighted by molar-refractivity contribution is -0.770. The fourth-order valence-electron chi connectivity index (χ4n) is 4.43. The normalized spacial score (nSPS) is 19.8. The summed E-state index contributed by atoms with van der Waals surface area (Å²) in [5.74, 6) is 0.543. The Bertz CT molecular complexity index is 946. The Morgan fingerprint density at radius 2 is 2.12 bits per heavy atom. The molecule has 3 rings (SSSR count). The highest BCUT2D eigenvalue weighted by molar-refractivity contribution is 5.85. The van der Waals surface area contributed by atoms with Crippen molar-refractivity contribution in [1.29, 1.82) is 0 Å². The van der Waals surface area contributed by atoms with Gasteiger partial charge in [0.1, 0.15) is 24.6 Å². The largest absolute Gasteiger partial charge is 0.490 e. The number of β-amino-alcohol motifs (C(OH)–C–C–N with tert-alkyl or cyclic N) is 1. The van der Waals surface area contributed by atoms with Gasteiger partial charge >= 0.3 is 0 Å². The Labute approximate surface area is 193 Å². The molecule has 0 bridgehead atoms. The monoisotopic (exact) mass is 462 g/mol. The van der Waals surface area contributed by atoms with E-state index in [1.54, 1.807) is 4.90 Å². The highest BCUT2D eigenvalue weighted by atomic mass is 17.0. The number of ether oxygens (including phenoxy) is 1. The smallest absolute Gasteiger partial charge is 0.294 e. The predicted octanol–water partition coefficient (Wildman–Crippen LogP) is 2.64. The predicted molar refractivity (Wildman–Crippen MR) is 123 cm³/mol. The number of aliphatic hydroxyl groups is 1. The van der Waals surface area contributed by atoms with Crippen molar-refractivity contribution in [2.45, 2.75) is 70.2 Å². The van der Waals surface area contributed by atoms with Crippen LogP contribution in [0.5, 0.6) is 5.75 Å². The van der Waals surface area contributed by atoms with E-state index in [1.165, 1.54) is 6.92 Å². The van der Waals surface area contributed by atoms with E-state index in [1.807, 2.05) is 44.3 Å². The van der Waals surface area contributed by atoms with Crippen LogP contribution in [0.3, 0.4) is 0 Å². The molecule has 182 valence electrons. The molecule has 0 saturated heterocycles. The summed E-state index contributed by atoms with van der Waals surface area (Å²) >= 11 is 0. The summed E-state index contributed by atoms with van der Waals surface area (Å²) in [5.41, 5.74) is 0.428. The third-order valence-corrected chi connectivity index (χ3v) is 6.06. The number of hydrogen-bond acceptors (Lipinski definition) is 7. The first-order valence-electron chi connectivity index (χ1n) is 11.4. The van der Waals surface area contributed by atoms with Gasteiger partial charge in [0.15, 0.2) is 0 Å².